The zero-order valence-corrected chi connectivity index (χ0v) is 16.7. The number of amides is 1. The Bertz CT molecular complexity index is 611. The Hall–Kier alpha value is -2.29. The van der Waals surface area contributed by atoms with Gasteiger partial charge in [0.2, 0.25) is 5.91 Å². The summed E-state index contributed by atoms with van der Waals surface area (Å²) in [5, 5.41) is 18.5. The van der Waals surface area contributed by atoms with Gasteiger partial charge in [-0.2, -0.15) is 0 Å². The molecular weight excluding hydrogens is 360 g/mol. The Labute approximate surface area is 167 Å². The Morgan fingerprint density at radius 2 is 1.54 bits per heavy atom. The van der Waals surface area contributed by atoms with E-state index in [0.29, 0.717) is 6.61 Å². The Morgan fingerprint density at radius 3 is 1.96 bits per heavy atom. The predicted octanol–water partition coefficient (Wildman–Crippen LogP) is 1.77. The number of aliphatic hydroxyl groups is 2. The summed E-state index contributed by atoms with van der Waals surface area (Å²) in [6.07, 6.45) is 0. The number of nitrogens with two attached hydrogens (primary N) is 1. The van der Waals surface area contributed by atoms with E-state index in [4.69, 9.17) is 25.4 Å². The van der Waals surface area contributed by atoms with Gasteiger partial charge in [-0.05, 0) is 11.1 Å². The number of hydrogen-bond acceptors (Lipinski definition) is 6. The molecule has 0 aromatic heterocycles. The quantitative estimate of drug-likeness (QED) is 0.402. The summed E-state index contributed by atoms with van der Waals surface area (Å²) in [7, 11) is 2.57. The molecule has 0 heterocycles. The van der Waals surface area contributed by atoms with Crippen molar-refractivity contribution in [2.24, 2.45) is 5.73 Å². The first kappa shape index (κ1) is 25.7. The fourth-order valence-corrected chi connectivity index (χ4v) is 2.21. The number of aliphatic hydroxyl groups excluding tert-OH is 2. The highest BCUT2D eigenvalue weighted by Gasteiger charge is 2.12. The second-order valence-electron chi connectivity index (χ2n) is 5.64. The third-order valence-electron chi connectivity index (χ3n) is 3.49. The maximum Gasteiger partial charge on any atom is 0.217 e. The lowest BCUT2D eigenvalue weighted by molar-refractivity contribution is -0.120. The van der Waals surface area contributed by atoms with E-state index >= 15 is 0 Å². The number of benzene rings is 2. The first-order valence-corrected chi connectivity index (χ1v) is 8.83. The molecule has 0 saturated heterocycles. The molecule has 2 atom stereocenters. The Kier molecular flexibility index (Phi) is 15.5. The van der Waals surface area contributed by atoms with Crippen molar-refractivity contribution < 1.29 is 24.5 Å². The van der Waals surface area contributed by atoms with Gasteiger partial charge in [0.1, 0.15) is 6.79 Å². The van der Waals surface area contributed by atoms with E-state index < -0.39 is 0 Å². The molecule has 2 rings (SSSR count). The highest BCUT2D eigenvalue weighted by atomic mass is 16.7. The van der Waals surface area contributed by atoms with Gasteiger partial charge in [0.05, 0.1) is 25.3 Å². The molecule has 0 radical (unpaired) electrons. The molecule has 2 aromatic carbocycles. The third-order valence-corrected chi connectivity index (χ3v) is 3.49. The van der Waals surface area contributed by atoms with Gasteiger partial charge < -0.3 is 30.7 Å². The van der Waals surface area contributed by atoms with Crippen LogP contribution in [0.25, 0.3) is 0 Å². The predicted molar refractivity (Wildman–Crippen MR) is 109 cm³/mol. The van der Waals surface area contributed by atoms with E-state index in [1.165, 1.54) is 6.92 Å². The highest BCUT2D eigenvalue weighted by Crippen LogP contribution is 2.12. The maximum absolute atomic E-state index is 11.1. The van der Waals surface area contributed by atoms with E-state index in [1.54, 1.807) is 7.11 Å². The average molecular weight is 392 g/mol. The van der Waals surface area contributed by atoms with Crippen LogP contribution in [-0.2, 0) is 14.3 Å². The number of methoxy groups -OCH3 is 1. The van der Waals surface area contributed by atoms with Gasteiger partial charge in [0, 0.05) is 21.1 Å². The van der Waals surface area contributed by atoms with E-state index in [2.05, 4.69) is 5.32 Å². The molecule has 2 aromatic rings. The zero-order valence-electron chi connectivity index (χ0n) is 16.7. The number of rotatable bonds is 8. The van der Waals surface area contributed by atoms with Crippen LogP contribution in [0.5, 0.6) is 0 Å². The summed E-state index contributed by atoms with van der Waals surface area (Å²) >= 11 is 0. The molecular formula is C21H32N2O5. The van der Waals surface area contributed by atoms with Gasteiger partial charge in [0.25, 0.3) is 0 Å². The van der Waals surface area contributed by atoms with Crippen molar-refractivity contribution >= 4 is 5.91 Å². The van der Waals surface area contributed by atoms with Crippen molar-refractivity contribution in [3.8, 4) is 0 Å². The van der Waals surface area contributed by atoms with Crippen LogP contribution in [0.4, 0.5) is 0 Å². The molecule has 0 aliphatic carbocycles. The van der Waals surface area contributed by atoms with Crippen LogP contribution in [0.3, 0.4) is 0 Å². The van der Waals surface area contributed by atoms with Gasteiger partial charge in [-0.25, -0.2) is 0 Å². The number of hydrogen-bond donors (Lipinski definition) is 4. The minimum Gasteiger partial charge on any atom is -0.400 e. The van der Waals surface area contributed by atoms with E-state index in [-0.39, 0.29) is 31.4 Å². The van der Waals surface area contributed by atoms with Gasteiger partial charge in [-0.3, -0.25) is 4.79 Å². The fourth-order valence-electron chi connectivity index (χ4n) is 2.21. The summed E-state index contributed by atoms with van der Waals surface area (Å²) in [5.41, 5.74) is 7.54. The van der Waals surface area contributed by atoms with Crippen molar-refractivity contribution in [2.45, 2.75) is 19.0 Å². The third kappa shape index (κ3) is 11.4. The van der Waals surface area contributed by atoms with Crippen molar-refractivity contribution in [1.82, 2.24) is 5.32 Å². The monoisotopic (exact) mass is 392 g/mol. The van der Waals surface area contributed by atoms with Crippen LogP contribution in [0.1, 0.15) is 30.1 Å². The molecule has 7 heteroatoms. The van der Waals surface area contributed by atoms with Crippen LogP contribution in [0.15, 0.2) is 60.7 Å². The number of nitrogens with one attached hydrogen (secondary N) is 1. The minimum atomic E-state index is -0.235. The number of carbonyl (C=O) groups excluding carboxylic acids is 1. The lowest BCUT2D eigenvalue weighted by Gasteiger charge is -2.18. The first-order chi connectivity index (χ1) is 13.6. The number of ether oxygens (including phenoxy) is 2. The van der Waals surface area contributed by atoms with Crippen molar-refractivity contribution in [3.63, 3.8) is 0 Å². The van der Waals surface area contributed by atoms with Crippen molar-refractivity contribution in [1.29, 1.82) is 0 Å². The summed E-state index contributed by atoms with van der Waals surface area (Å²) in [4.78, 5) is 11.1. The summed E-state index contributed by atoms with van der Waals surface area (Å²) < 4.78 is 10.1. The molecule has 0 saturated carbocycles. The lowest BCUT2D eigenvalue weighted by atomic mass is 10.1. The van der Waals surface area contributed by atoms with Crippen LogP contribution in [-0.4, -0.2) is 50.3 Å². The van der Waals surface area contributed by atoms with E-state index in [0.717, 1.165) is 18.2 Å². The highest BCUT2D eigenvalue weighted by molar-refractivity contribution is 5.73. The van der Waals surface area contributed by atoms with Crippen LogP contribution < -0.4 is 11.1 Å². The molecule has 5 N–H and O–H groups in total. The molecule has 0 aliphatic heterocycles. The molecule has 0 spiro atoms. The zero-order chi connectivity index (χ0) is 21.2. The largest absolute Gasteiger partial charge is 0.400 e. The molecule has 0 bridgehead atoms. The second-order valence-corrected chi connectivity index (χ2v) is 5.64. The molecule has 1 unspecified atom stereocenters. The van der Waals surface area contributed by atoms with Crippen LogP contribution in [0.2, 0.25) is 0 Å². The molecule has 1 amide bonds. The van der Waals surface area contributed by atoms with Gasteiger partial charge in [0.15, 0.2) is 0 Å². The first-order valence-electron chi connectivity index (χ1n) is 8.83. The molecule has 0 fully saturated rings. The molecule has 0 aliphatic rings. The smallest absolute Gasteiger partial charge is 0.217 e. The average Bonchev–Trinajstić information content (AvgIpc) is 2.75. The summed E-state index contributed by atoms with van der Waals surface area (Å²) in [6, 6.07) is 18.9. The maximum atomic E-state index is 11.1. The molecule has 156 valence electrons. The lowest BCUT2D eigenvalue weighted by Crippen LogP contribution is -2.29. The molecule has 28 heavy (non-hydrogen) atoms. The van der Waals surface area contributed by atoms with E-state index in [9.17, 15) is 4.79 Å². The van der Waals surface area contributed by atoms with Crippen molar-refractivity contribution in [2.75, 3.05) is 34.2 Å². The van der Waals surface area contributed by atoms with Crippen LogP contribution >= 0.6 is 0 Å². The van der Waals surface area contributed by atoms with Gasteiger partial charge in [-0.1, -0.05) is 60.7 Å². The molecule has 7 nitrogen and oxygen atoms in total. The van der Waals surface area contributed by atoms with Crippen LogP contribution in [0, 0.1) is 0 Å². The topological polar surface area (TPSA) is 114 Å². The summed E-state index contributed by atoms with van der Waals surface area (Å²) in [6.45, 7) is 2.12. The fraction of sp³-hybridized carbons (Fsp3) is 0.381. The Morgan fingerprint density at radius 1 is 1.04 bits per heavy atom. The number of carbonyl (C=O) groups is 1. The minimum absolute atomic E-state index is 0.00398. The van der Waals surface area contributed by atoms with E-state index in [1.807, 2.05) is 60.7 Å². The standard InChI is InChI=1S/C12H17NO3.C8H11NO.CH4O/c1-10(14)13-12(8-16-9-15-2)11-6-4-3-5-7-11;9-8(6-10)7-4-2-1-3-5-7;1-2/h3-7,12H,8-9H2,1-2H3,(H,13,14);1-5,8,10H,6,9H2;2H,1H3/t;8-;/m.1./s1. The Balaban J connectivity index is 0.000000520. The van der Waals surface area contributed by atoms with Gasteiger partial charge >= 0.3 is 0 Å². The SMILES string of the molecule is CO.COCOCC(NC(C)=O)c1ccccc1.N[C@H](CO)c1ccccc1. The van der Waals surface area contributed by atoms with Gasteiger partial charge in [-0.15, -0.1) is 0 Å². The summed E-state index contributed by atoms with van der Waals surface area (Å²) in [5.74, 6) is -0.0742. The second kappa shape index (κ2) is 16.9. The normalized spacial score (nSPS) is 11.8. The van der Waals surface area contributed by atoms with Crippen molar-refractivity contribution in [3.05, 3.63) is 71.8 Å².